The fraction of sp³-hybridized carbons (Fsp3) is 0.160. The van der Waals surface area contributed by atoms with E-state index in [-0.39, 0.29) is 10.8 Å². The summed E-state index contributed by atoms with van der Waals surface area (Å²) in [5.41, 5.74) is 15.8. The summed E-state index contributed by atoms with van der Waals surface area (Å²) in [5, 5.41) is 11.4. The maximum Gasteiger partial charge on any atom is 0.198 e. The van der Waals surface area contributed by atoms with Gasteiger partial charge < -0.3 is 14.3 Å². The average molecular weight is 729 g/mol. The van der Waals surface area contributed by atoms with Crippen LogP contribution in [0.2, 0.25) is 0 Å². The summed E-state index contributed by atoms with van der Waals surface area (Å²) >= 11 is 1.89. The molecule has 0 aliphatic carbocycles. The maximum absolute atomic E-state index is 6.48. The van der Waals surface area contributed by atoms with Crippen molar-refractivity contribution in [1.82, 2.24) is 4.57 Å². The average Bonchev–Trinajstić information content (AvgIpc) is 3.84. The molecule has 11 rings (SSSR count). The third-order valence-corrected chi connectivity index (χ3v) is 13.1. The minimum atomic E-state index is -0.00990. The molecule has 0 atom stereocenters. The van der Waals surface area contributed by atoms with E-state index in [0.29, 0.717) is 0 Å². The van der Waals surface area contributed by atoms with Crippen molar-refractivity contribution < 1.29 is 4.42 Å². The second-order valence-corrected chi connectivity index (χ2v) is 18.6. The Morgan fingerprint density at radius 2 is 1.33 bits per heavy atom. The molecule has 1 N–H and O–H groups in total. The van der Waals surface area contributed by atoms with Gasteiger partial charge in [-0.25, -0.2) is 0 Å². The number of hydrogen-bond donors (Lipinski definition) is 1. The number of aromatic nitrogens is 1. The lowest BCUT2D eigenvalue weighted by Gasteiger charge is -2.26. The molecule has 0 unspecified atom stereocenters. The molecule has 0 saturated carbocycles. The Hall–Kier alpha value is -5.78. The van der Waals surface area contributed by atoms with Crippen molar-refractivity contribution in [2.24, 2.45) is 0 Å². The van der Waals surface area contributed by atoms with Crippen LogP contribution >= 0.6 is 11.3 Å². The number of benzene rings is 7. The predicted octanol–water partition coefficient (Wildman–Crippen LogP) is 12.8. The van der Waals surface area contributed by atoms with E-state index < -0.39 is 0 Å². The van der Waals surface area contributed by atoms with Crippen molar-refractivity contribution in [2.75, 3.05) is 5.32 Å². The van der Waals surface area contributed by atoms with Gasteiger partial charge in [0.2, 0.25) is 0 Å². The van der Waals surface area contributed by atoms with Gasteiger partial charge in [-0.2, -0.15) is 0 Å². The van der Waals surface area contributed by atoms with Gasteiger partial charge in [-0.3, -0.25) is 0 Å². The molecule has 0 bridgehead atoms. The zero-order valence-corrected chi connectivity index (χ0v) is 32.9. The van der Waals surface area contributed by atoms with Gasteiger partial charge in [-0.1, -0.05) is 120 Å². The smallest absolute Gasteiger partial charge is 0.198 e. The van der Waals surface area contributed by atoms with Crippen LogP contribution in [-0.4, -0.2) is 11.8 Å². The molecule has 55 heavy (non-hydrogen) atoms. The molecule has 4 heterocycles. The van der Waals surface area contributed by atoms with Crippen molar-refractivity contribution in [3.8, 4) is 16.8 Å². The lowest BCUT2D eigenvalue weighted by molar-refractivity contribution is 0.590. The van der Waals surface area contributed by atoms with Gasteiger partial charge in [-0.05, 0) is 93.0 Å². The molecule has 0 amide bonds. The van der Waals surface area contributed by atoms with Gasteiger partial charge in [0.05, 0.1) is 5.52 Å². The van der Waals surface area contributed by atoms with Crippen LogP contribution in [0.5, 0.6) is 0 Å². The third-order valence-electron chi connectivity index (χ3n) is 11.9. The molecule has 1 aliphatic heterocycles. The quantitative estimate of drug-likeness (QED) is 0.184. The minimum absolute atomic E-state index is 0.00990. The van der Waals surface area contributed by atoms with E-state index in [2.05, 4.69) is 179 Å². The van der Waals surface area contributed by atoms with Crippen LogP contribution in [0.4, 0.5) is 11.4 Å². The Morgan fingerprint density at radius 1 is 0.582 bits per heavy atom. The summed E-state index contributed by atoms with van der Waals surface area (Å²) in [6.45, 7) is 13.7. The fourth-order valence-corrected chi connectivity index (χ4v) is 10.2. The van der Waals surface area contributed by atoms with Crippen molar-refractivity contribution in [3.63, 3.8) is 0 Å². The van der Waals surface area contributed by atoms with Gasteiger partial charge in [0.15, 0.2) is 7.28 Å². The van der Waals surface area contributed by atoms with Gasteiger partial charge in [-0.15, -0.1) is 11.3 Å². The highest BCUT2D eigenvalue weighted by Gasteiger charge is 2.29. The first-order valence-corrected chi connectivity index (χ1v) is 20.2. The Labute approximate surface area is 325 Å². The van der Waals surface area contributed by atoms with Gasteiger partial charge >= 0.3 is 0 Å². The largest absolute Gasteiger partial charge is 0.456 e. The summed E-state index contributed by atoms with van der Waals surface area (Å²) in [7, 11) is 0.840. The summed E-state index contributed by atoms with van der Waals surface area (Å²) < 4.78 is 11.7. The van der Waals surface area contributed by atoms with Crippen LogP contribution in [0.15, 0.2) is 132 Å². The van der Waals surface area contributed by atoms with E-state index in [1.165, 1.54) is 86.2 Å². The number of nitrogens with one attached hydrogen (secondary N) is 1. The topological polar surface area (TPSA) is 30.1 Å². The lowest BCUT2D eigenvalue weighted by atomic mass is 9.59. The van der Waals surface area contributed by atoms with Gasteiger partial charge in [0, 0.05) is 64.5 Å². The molecule has 0 fully saturated rings. The second kappa shape index (κ2) is 11.4. The number of rotatable bonds is 3. The van der Waals surface area contributed by atoms with Crippen molar-refractivity contribution in [3.05, 3.63) is 139 Å². The molecule has 0 saturated heterocycles. The number of hydrogen-bond acceptors (Lipinski definition) is 3. The molecule has 266 valence electrons. The maximum atomic E-state index is 6.48. The van der Waals surface area contributed by atoms with Gasteiger partial charge in [0.1, 0.15) is 11.2 Å². The molecule has 10 aromatic rings. The van der Waals surface area contributed by atoms with Crippen LogP contribution in [0.1, 0.15) is 52.7 Å². The van der Waals surface area contributed by atoms with Crippen molar-refractivity contribution >= 4 is 105 Å². The summed E-state index contributed by atoms with van der Waals surface area (Å²) in [6, 6.07) is 47.5. The van der Waals surface area contributed by atoms with Crippen LogP contribution in [0.25, 0.3) is 80.7 Å². The van der Waals surface area contributed by atoms with Crippen LogP contribution in [0.3, 0.4) is 0 Å². The first-order valence-electron chi connectivity index (χ1n) is 19.4. The van der Waals surface area contributed by atoms with E-state index in [4.69, 9.17) is 4.42 Å². The third kappa shape index (κ3) is 4.89. The molecule has 5 heteroatoms. The second-order valence-electron chi connectivity index (χ2n) is 17.5. The Morgan fingerprint density at radius 3 is 2.13 bits per heavy atom. The summed E-state index contributed by atoms with van der Waals surface area (Å²) in [4.78, 5) is 0. The summed E-state index contributed by atoms with van der Waals surface area (Å²) in [5.74, 6) is 0. The molecule has 3 aromatic heterocycles. The highest BCUT2D eigenvalue weighted by Crippen LogP contribution is 2.45. The molecule has 1 aliphatic rings. The van der Waals surface area contributed by atoms with E-state index >= 15 is 0 Å². The number of thiophene rings is 1. The van der Waals surface area contributed by atoms with E-state index in [9.17, 15) is 0 Å². The number of fused-ring (bicyclic) bond motifs is 12. The Kier molecular flexibility index (Phi) is 6.75. The van der Waals surface area contributed by atoms with E-state index in [1.807, 2.05) is 11.3 Å². The highest BCUT2D eigenvalue weighted by atomic mass is 32.1. The van der Waals surface area contributed by atoms with E-state index in [1.54, 1.807) is 0 Å². The Bertz CT molecular complexity index is 3220. The van der Waals surface area contributed by atoms with Crippen LogP contribution in [0, 0.1) is 0 Å². The van der Waals surface area contributed by atoms with Crippen molar-refractivity contribution in [1.29, 1.82) is 0 Å². The summed E-state index contributed by atoms with van der Waals surface area (Å²) in [6.07, 6.45) is 0. The number of furan rings is 1. The normalized spacial score (nSPS) is 13.1. The monoisotopic (exact) mass is 728 g/mol. The zero-order chi connectivity index (χ0) is 37.4. The first-order chi connectivity index (χ1) is 26.5. The number of anilines is 2. The number of nitrogens with zero attached hydrogens (tertiary/aromatic N) is 1. The molecular weight excluding hydrogens is 687 g/mol. The fourth-order valence-electron chi connectivity index (χ4n) is 9.06. The molecule has 7 aromatic carbocycles. The van der Waals surface area contributed by atoms with E-state index in [0.717, 1.165) is 35.2 Å². The molecule has 3 nitrogen and oxygen atoms in total. The number of para-hydroxylation sites is 1. The van der Waals surface area contributed by atoms with Crippen molar-refractivity contribution in [2.45, 2.75) is 52.4 Å². The first kappa shape index (κ1) is 32.6. The minimum Gasteiger partial charge on any atom is -0.456 e. The highest BCUT2D eigenvalue weighted by molar-refractivity contribution is 7.25. The molecule has 0 radical (unpaired) electrons. The zero-order valence-electron chi connectivity index (χ0n) is 32.1. The lowest BCUT2D eigenvalue weighted by Crippen LogP contribution is -2.37. The Balaban J connectivity index is 1.22. The van der Waals surface area contributed by atoms with Gasteiger partial charge in [0.25, 0.3) is 0 Å². The predicted molar refractivity (Wildman–Crippen MR) is 240 cm³/mol. The standard InChI is InChI=1S/C50H41BN2OS/c1-49(2,3)28-15-18-30(19-16-28)52-38-22-17-29(50(4,5)6)25-35(38)32-20-21-34-45-39(23-24-42-46(45)33-12-7-9-13-41(33)54-42)53-40-27-44-36(26-37(40)51-47(32)48(34)53)31-11-8-10-14-43(31)55-44/h7-27,51-52H,1-6H3. The molecular formula is C50H41BN2OS. The SMILES string of the molecule is CC(C)(C)c1ccc(Nc2ccc(C(C)(C)C)cc2-c2ccc3c4c5c(ccc4n4c3c2Bc2cc3c(cc2-4)sc2ccccc23)oc2ccccc25)cc1. The van der Waals surface area contributed by atoms with Crippen LogP contribution in [-0.2, 0) is 10.8 Å². The molecule has 0 spiro atoms. The van der Waals surface area contributed by atoms with Crippen LogP contribution < -0.4 is 16.2 Å².